The van der Waals surface area contributed by atoms with Crippen LogP contribution < -0.4 is 10.1 Å². The predicted octanol–water partition coefficient (Wildman–Crippen LogP) is 1.55. The minimum Gasteiger partial charge on any atom is -0.491 e. The van der Waals surface area contributed by atoms with Gasteiger partial charge in [0.1, 0.15) is 19.1 Å². The Bertz CT molecular complexity index is 320. The van der Waals surface area contributed by atoms with Gasteiger partial charge in [-0.05, 0) is 24.7 Å². The molecule has 1 aliphatic heterocycles. The first-order valence-electron chi connectivity index (χ1n) is 5.94. The van der Waals surface area contributed by atoms with Crippen molar-refractivity contribution in [2.75, 3.05) is 27.1 Å². The van der Waals surface area contributed by atoms with E-state index in [9.17, 15) is 0 Å². The molecule has 0 radical (unpaired) electrons. The molecule has 1 N–H and O–H groups in total. The molecular weight excluding hydrogens is 218 g/mol. The molecule has 0 bridgehead atoms. The molecule has 4 heteroatoms. The van der Waals surface area contributed by atoms with Crippen LogP contribution in [0.4, 0.5) is 0 Å². The summed E-state index contributed by atoms with van der Waals surface area (Å²) < 4.78 is 16.2. The second-order valence-electron chi connectivity index (χ2n) is 4.09. The predicted molar refractivity (Wildman–Crippen MR) is 65.0 cm³/mol. The number of rotatable bonds is 5. The van der Waals surface area contributed by atoms with Gasteiger partial charge >= 0.3 is 0 Å². The first kappa shape index (κ1) is 12.4. The van der Waals surface area contributed by atoms with Crippen LogP contribution in [-0.4, -0.2) is 33.2 Å². The zero-order valence-electron chi connectivity index (χ0n) is 10.1. The zero-order chi connectivity index (χ0) is 11.9. The number of benzene rings is 1. The SMILES string of the molecule is CNCc1ccc(OCC2CCOCO2)cc1. The van der Waals surface area contributed by atoms with E-state index in [0.717, 1.165) is 25.3 Å². The quantitative estimate of drug-likeness (QED) is 0.843. The minimum absolute atomic E-state index is 0.153. The normalized spacial score (nSPS) is 20.2. The first-order chi connectivity index (χ1) is 8.38. The summed E-state index contributed by atoms with van der Waals surface area (Å²) >= 11 is 0. The monoisotopic (exact) mass is 237 g/mol. The van der Waals surface area contributed by atoms with E-state index in [1.807, 2.05) is 19.2 Å². The highest BCUT2D eigenvalue weighted by Gasteiger charge is 2.14. The molecule has 0 saturated carbocycles. The Balaban J connectivity index is 1.77. The molecule has 1 unspecified atom stereocenters. The molecule has 1 aromatic rings. The van der Waals surface area contributed by atoms with Gasteiger partial charge < -0.3 is 19.5 Å². The summed E-state index contributed by atoms with van der Waals surface area (Å²) in [6.45, 7) is 2.61. The second kappa shape index (κ2) is 6.59. The third-order valence-electron chi connectivity index (χ3n) is 2.71. The fraction of sp³-hybridized carbons (Fsp3) is 0.538. The lowest BCUT2D eigenvalue weighted by molar-refractivity contribution is -0.147. The maximum Gasteiger partial charge on any atom is 0.147 e. The minimum atomic E-state index is 0.153. The van der Waals surface area contributed by atoms with E-state index in [1.54, 1.807) is 0 Å². The van der Waals surface area contributed by atoms with Crippen molar-refractivity contribution >= 4 is 0 Å². The average molecular weight is 237 g/mol. The van der Waals surface area contributed by atoms with E-state index in [2.05, 4.69) is 17.4 Å². The van der Waals surface area contributed by atoms with Gasteiger partial charge in [-0.2, -0.15) is 0 Å². The van der Waals surface area contributed by atoms with Crippen LogP contribution in [0.2, 0.25) is 0 Å². The average Bonchev–Trinajstić information content (AvgIpc) is 2.40. The van der Waals surface area contributed by atoms with Crippen molar-refractivity contribution < 1.29 is 14.2 Å². The summed E-state index contributed by atoms with van der Waals surface area (Å²) in [5.41, 5.74) is 1.25. The van der Waals surface area contributed by atoms with Crippen molar-refractivity contribution in [2.45, 2.75) is 19.1 Å². The molecule has 1 aliphatic rings. The van der Waals surface area contributed by atoms with Gasteiger partial charge in [0.2, 0.25) is 0 Å². The topological polar surface area (TPSA) is 39.7 Å². The highest BCUT2D eigenvalue weighted by molar-refractivity contribution is 5.27. The van der Waals surface area contributed by atoms with Crippen molar-refractivity contribution in [3.8, 4) is 5.75 Å². The van der Waals surface area contributed by atoms with Gasteiger partial charge in [0.15, 0.2) is 0 Å². The Labute approximate surface area is 102 Å². The smallest absolute Gasteiger partial charge is 0.147 e. The third kappa shape index (κ3) is 4.00. The van der Waals surface area contributed by atoms with Crippen LogP contribution >= 0.6 is 0 Å². The Morgan fingerprint density at radius 1 is 1.35 bits per heavy atom. The van der Waals surface area contributed by atoms with Crippen molar-refractivity contribution in [3.05, 3.63) is 29.8 Å². The summed E-state index contributed by atoms with van der Waals surface area (Å²) in [5, 5.41) is 3.11. The summed E-state index contributed by atoms with van der Waals surface area (Å²) in [6.07, 6.45) is 1.05. The fourth-order valence-electron chi connectivity index (χ4n) is 1.73. The first-order valence-corrected chi connectivity index (χ1v) is 5.94. The van der Waals surface area contributed by atoms with E-state index in [4.69, 9.17) is 14.2 Å². The third-order valence-corrected chi connectivity index (χ3v) is 2.71. The van der Waals surface area contributed by atoms with Crippen LogP contribution in [0, 0.1) is 0 Å². The number of hydrogen-bond donors (Lipinski definition) is 1. The Hall–Kier alpha value is -1.10. The maximum absolute atomic E-state index is 5.68. The van der Waals surface area contributed by atoms with E-state index >= 15 is 0 Å². The molecule has 17 heavy (non-hydrogen) atoms. The summed E-state index contributed by atoms with van der Waals surface area (Å²) in [4.78, 5) is 0. The number of ether oxygens (including phenoxy) is 3. The Morgan fingerprint density at radius 2 is 2.18 bits per heavy atom. The molecule has 2 rings (SSSR count). The van der Waals surface area contributed by atoms with Gasteiger partial charge in [0, 0.05) is 13.0 Å². The highest BCUT2D eigenvalue weighted by atomic mass is 16.7. The van der Waals surface area contributed by atoms with Crippen molar-refractivity contribution in [1.82, 2.24) is 5.32 Å². The van der Waals surface area contributed by atoms with Crippen LogP contribution in [0.5, 0.6) is 5.75 Å². The van der Waals surface area contributed by atoms with Crippen LogP contribution in [-0.2, 0) is 16.0 Å². The molecular formula is C13H19NO3. The molecule has 0 amide bonds. The number of nitrogens with one attached hydrogen (secondary N) is 1. The molecule has 4 nitrogen and oxygen atoms in total. The second-order valence-corrected chi connectivity index (χ2v) is 4.09. The number of hydrogen-bond acceptors (Lipinski definition) is 4. The van der Waals surface area contributed by atoms with Gasteiger partial charge in [-0.15, -0.1) is 0 Å². The zero-order valence-corrected chi connectivity index (χ0v) is 10.1. The standard InChI is InChI=1S/C13H19NO3/c1-14-8-11-2-4-12(5-3-11)16-9-13-6-7-15-10-17-13/h2-5,13-14H,6-10H2,1H3. The van der Waals surface area contributed by atoms with Gasteiger partial charge in [-0.3, -0.25) is 0 Å². The molecule has 1 aromatic carbocycles. The van der Waals surface area contributed by atoms with Gasteiger partial charge in [-0.25, -0.2) is 0 Å². The summed E-state index contributed by atoms with van der Waals surface area (Å²) in [5.74, 6) is 0.889. The molecule has 0 aliphatic carbocycles. The molecule has 0 aromatic heterocycles. The van der Waals surface area contributed by atoms with Gasteiger partial charge in [0.25, 0.3) is 0 Å². The van der Waals surface area contributed by atoms with Crippen LogP contribution in [0.15, 0.2) is 24.3 Å². The molecule has 1 fully saturated rings. The Morgan fingerprint density at radius 3 is 2.82 bits per heavy atom. The molecule has 1 saturated heterocycles. The van der Waals surface area contributed by atoms with Gasteiger partial charge in [-0.1, -0.05) is 12.1 Å². The van der Waals surface area contributed by atoms with E-state index in [-0.39, 0.29) is 6.10 Å². The van der Waals surface area contributed by atoms with E-state index in [0.29, 0.717) is 13.4 Å². The maximum atomic E-state index is 5.68. The molecule has 94 valence electrons. The van der Waals surface area contributed by atoms with Crippen molar-refractivity contribution in [1.29, 1.82) is 0 Å². The van der Waals surface area contributed by atoms with Gasteiger partial charge in [0.05, 0.1) is 12.7 Å². The van der Waals surface area contributed by atoms with Crippen LogP contribution in [0.25, 0.3) is 0 Å². The molecule has 0 spiro atoms. The van der Waals surface area contributed by atoms with E-state index < -0.39 is 0 Å². The summed E-state index contributed by atoms with van der Waals surface area (Å²) in [6, 6.07) is 8.12. The largest absolute Gasteiger partial charge is 0.491 e. The van der Waals surface area contributed by atoms with Crippen LogP contribution in [0.3, 0.4) is 0 Å². The molecule has 1 atom stereocenters. The molecule has 1 heterocycles. The Kier molecular flexibility index (Phi) is 4.79. The summed E-state index contributed by atoms with van der Waals surface area (Å²) in [7, 11) is 1.94. The lowest BCUT2D eigenvalue weighted by atomic mass is 10.2. The van der Waals surface area contributed by atoms with Crippen LogP contribution in [0.1, 0.15) is 12.0 Å². The highest BCUT2D eigenvalue weighted by Crippen LogP contribution is 2.14. The van der Waals surface area contributed by atoms with E-state index in [1.165, 1.54) is 5.56 Å². The van der Waals surface area contributed by atoms with Crippen molar-refractivity contribution in [3.63, 3.8) is 0 Å². The lowest BCUT2D eigenvalue weighted by Crippen LogP contribution is -2.29. The fourth-order valence-corrected chi connectivity index (χ4v) is 1.73. The van der Waals surface area contributed by atoms with Crippen molar-refractivity contribution in [2.24, 2.45) is 0 Å². The lowest BCUT2D eigenvalue weighted by Gasteiger charge is -2.22.